The number of nitrogens with zero attached hydrogens (tertiary/aromatic N) is 1. The highest BCUT2D eigenvalue weighted by molar-refractivity contribution is 6.42. The van der Waals surface area contributed by atoms with Gasteiger partial charge in [0.25, 0.3) is 0 Å². The summed E-state index contributed by atoms with van der Waals surface area (Å²) in [6.07, 6.45) is 0. The van der Waals surface area contributed by atoms with Crippen molar-refractivity contribution in [1.82, 2.24) is 0 Å². The van der Waals surface area contributed by atoms with Gasteiger partial charge in [-0.2, -0.15) is 5.26 Å². The van der Waals surface area contributed by atoms with Crippen LogP contribution in [0.15, 0.2) is 42.5 Å². The van der Waals surface area contributed by atoms with Crippen LogP contribution in [-0.2, 0) is 0 Å². The van der Waals surface area contributed by atoms with Crippen LogP contribution in [0.3, 0.4) is 0 Å². The van der Waals surface area contributed by atoms with Crippen LogP contribution in [0.5, 0.6) is 5.75 Å². The minimum absolute atomic E-state index is 0.132. The number of halogens is 2. The van der Waals surface area contributed by atoms with Gasteiger partial charge in [-0.15, -0.1) is 0 Å². The molecule has 5 heteroatoms. The molecule has 0 amide bonds. The molecule has 0 saturated carbocycles. The smallest absolute Gasteiger partial charge is 0.200 e. The maximum absolute atomic E-state index is 11.9. The van der Waals surface area contributed by atoms with Crippen LogP contribution in [0.1, 0.15) is 15.9 Å². The van der Waals surface area contributed by atoms with Gasteiger partial charge in [-0.3, -0.25) is 4.79 Å². The van der Waals surface area contributed by atoms with Crippen LogP contribution < -0.4 is 4.74 Å². The highest BCUT2D eigenvalue weighted by atomic mass is 35.5. The van der Waals surface area contributed by atoms with Crippen LogP contribution in [-0.4, -0.2) is 12.4 Å². The summed E-state index contributed by atoms with van der Waals surface area (Å²) < 4.78 is 5.36. The summed E-state index contributed by atoms with van der Waals surface area (Å²) in [4.78, 5) is 11.9. The van der Waals surface area contributed by atoms with Gasteiger partial charge in [-0.05, 0) is 36.4 Å². The Bertz CT molecular complexity index is 693. The van der Waals surface area contributed by atoms with E-state index in [-0.39, 0.29) is 12.4 Å². The Balaban J connectivity index is 2.05. The molecule has 0 heterocycles. The minimum Gasteiger partial charge on any atom is -0.485 e. The average molecular weight is 306 g/mol. The van der Waals surface area contributed by atoms with Crippen molar-refractivity contribution in [3.63, 3.8) is 0 Å². The largest absolute Gasteiger partial charge is 0.485 e. The van der Waals surface area contributed by atoms with Crippen molar-refractivity contribution in [3.05, 3.63) is 63.6 Å². The van der Waals surface area contributed by atoms with Gasteiger partial charge in [0.2, 0.25) is 0 Å². The molecule has 0 aliphatic heterocycles. The molecule has 0 aliphatic rings. The van der Waals surface area contributed by atoms with Crippen LogP contribution in [0.2, 0.25) is 10.0 Å². The van der Waals surface area contributed by atoms with E-state index >= 15 is 0 Å². The summed E-state index contributed by atoms with van der Waals surface area (Å²) in [6.45, 7) is -0.132. The molecule has 0 spiro atoms. The van der Waals surface area contributed by atoms with Gasteiger partial charge >= 0.3 is 0 Å². The van der Waals surface area contributed by atoms with E-state index in [4.69, 9.17) is 33.2 Å². The Morgan fingerprint density at radius 3 is 2.65 bits per heavy atom. The zero-order chi connectivity index (χ0) is 14.5. The molecule has 0 aliphatic carbocycles. The standard InChI is InChI=1S/C15H9Cl2NO2/c16-13-5-4-11(7-14(13)17)15(19)9-20-12-3-1-2-10(6-12)8-18/h1-7H,9H2. The zero-order valence-electron chi connectivity index (χ0n) is 10.3. The molecule has 0 fully saturated rings. The van der Waals surface area contributed by atoms with Gasteiger partial charge in [0.1, 0.15) is 5.75 Å². The lowest BCUT2D eigenvalue weighted by molar-refractivity contribution is 0.0921. The van der Waals surface area contributed by atoms with Crippen LogP contribution in [0, 0.1) is 11.3 Å². The monoisotopic (exact) mass is 305 g/mol. The molecule has 0 aromatic heterocycles. The van der Waals surface area contributed by atoms with E-state index in [9.17, 15) is 4.79 Å². The third kappa shape index (κ3) is 3.51. The average Bonchev–Trinajstić information content (AvgIpc) is 2.47. The molecule has 0 unspecified atom stereocenters. The molecule has 20 heavy (non-hydrogen) atoms. The van der Waals surface area contributed by atoms with E-state index in [0.29, 0.717) is 26.9 Å². The molecule has 2 aromatic rings. The van der Waals surface area contributed by atoms with Gasteiger partial charge < -0.3 is 4.74 Å². The van der Waals surface area contributed by atoms with Gasteiger partial charge in [0.15, 0.2) is 12.4 Å². The van der Waals surface area contributed by atoms with Crippen molar-refractivity contribution in [2.75, 3.05) is 6.61 Å². The molecule has 2 rings (SSSR count). The number of ketones is 1. The minimum atomic E-state index is -0.217. The molecule has 0 radical (unpaired) electrons. The van der Waals surface area contributed by atoms with E-state index in [1.807, 2.05) is 6.07 Å². The van der Waals surface area contributed by atoms with Crippen molar-refractivity contribution < 1.29 is 9.53 Å². The fraction of sp³-hybridized carbons (Fsp3) is 0.0667. The van der Waals surface area contributed by atoms with Crippen LogP contribution >= 0.6 is 23.2 Å². The van der Waals surface area contributed by atoms with Gasteiger partial charge in [-0.25, -0.2) is 0 Å². The first-order chi connectivity index (χ1) is 9.60. The molecular formula is C15H9Cl2NO2. The van der Waals surface area contributed by atoms with Crippen molar-refractivity contribution in [3.8, 4) is 11.8 Å². The van der Waals surface area contributed by atoms with E-state index in [0.717, 1.165) is 0 Å². The third-order valence-electron chi connectivity index (χ3n) is 2.57. The highest BCUT2D eigenvalue weighted by Crippen LogP contribution is 2.23. The number of benzene rings is 2. The van der Waals surface area contributed by atoms with E-state index in [2.05, 4.69) is 0 Å². The molecule has 0 atom stereocenters. The topological polar surface area (TPSA) is 50.1 Å². The SMILES string of the molecule is N#Cc1cccc(OCC(=O)c2ccc(Cl)c(Cl)c2)c1. The molecule has 2 aromatic carbocycles. The summed E-state index contributed by atoms with van der Waals surface area (Å²) in [5.41, 5.74) is 0.903. The molecular weight excluding hydrogens is 297 g/mol. The number of hydrogen-bond acceptors (Lipinski definition) is 3. The van der Waals surface area contributed by atoms with Gasteiger partial charge in [-0.1, -0.05) is 29.3 Å². The second-order valence-corrected chi connectivity index (χ2v) is 4.79. The Labute approximate surface area is 126 Å². The normalized spacial score (nSPS) is 9.85. The Morgan fingerprint density at radius 1 is 1.15 bits per heavy atom. The fourth-order valence-electron chi connectivity index (χ4n) is 1.56. The second-order valence-electron chi connectivity index (χ2n) is 3.98. The zero-order valence-corrected chi connectivity index (χ0v) is 11.8. The Kier molecular flexibility index (Phi) is 4.62. The van der Waals surface area contributed by atoms with Crippen LogP contribution in [0.25, 0.3) is 0 Å². The third-order valence-corrected chi connectivity index (χ3v) is 3.31. The second kappa shape index (κ2) is 6.42. The summed E-state index contributed by atoms with van der Waals surface area (Å²) in [5.74, 6) is 0.253. The highest BCUT2D eigenvalue weighted by Gasteiger charge is 2.09. The fourth-order valence-corrected chi connectivity index (χ4v) is 1.86. The number of carbonyl (C=O) groups excluding carboxylic acids is 1. The quantitative estimate of drug-likeness (QED) is 0.798. The lowest BCUT2D eigenvalue weighted by Gasteiger charge is -2.06. The number of rotatable bonds is 4. The summed E-state index contributed by atoms with van der Waals surface area (Å²) >= 11 is 11.6. The number of nitriles is 1. The maximum Gasteiger partial charge on any atom is 0.200 e. The first-order valence-corrected chi connectivity index (χ1v) is 6.47. The predicted molar refractivity (Wildman–Crippen MR) is 77.4 cm³/mol. The van der Waals surface area contributed by atoms with E-state index < -0.39 is 0 Å². The first kappa shape index (κ1) is 14.4. The number of hydrogen-bond donors (Lipinski definition) is 0. The van der Waals surface area contributed by atoms with Crippen molar-refractivity contribution in [2.24, 2.45) is 0 Å². The number of carbonyl (C=O) groups is 1. The number of Topliss-reactive ketones (excluding diaryl/α,β-unsaturated/α-hetero) is 1. The van der Waals surface area contributed by atoms with Crippen molar-refractivity contribution >= 4 is 29.0 Å². The summed E-state index contributed by atoms with van der Waals surface area (Å²) in [7, 11) is 0. The Hall–Kier alpha value is -2.02. The van der Waals surface area contributed by atoms with Gasteiger partial charge in [0.05, 0.1) is 21.7 Å². The molecule has 3 nitrogen and oxygen atoms in total. The van der Waals surface area contributed by atoms with Crippen molar-refractivity contribution in [1.29, 1.82) is 5.26 Å². The van der Waals surface area contributed by atoms with E-state index in [1.54, 1.807) is 36.4 Å². The maximum atomic E-state index is 11.9. The molecule has 0 saturated heterocycles. The lowest BCUT2D eigenvalue weighted by Crippen LogP contribution is -2.11. The molecule has 0 N–H and O–H groups in total. The lowest BCUT2D eigenvalue weighted by atomic mass is 10.1. The van der Waals surface area contributed by atoms with Gasteiger partial charge in [0, 0.05) is 5.56 Å². The predicted octanol–water partition coefficient (Wildman–Crippen LogP) is 4.13. The van der Waals surface area contributed by atoms with E-state index in [1.165, 1.54) is 6.07 Å². The summed E-state index contributed by atoms with van der Waals surface area (Å²) in [6, 6.07) is 13.3. The molecule has 0 bridgehead atoms. The molecule has 100 valence electrons. The van der Waals surface area contributed by atoms with Crippen LogP contribution in [0.4, 0.5) is 0 Å². The summed E-state index contributed by atoms with van der Waals surface area (Å²) in [5, 5.41) is 9.49. The number of ether oxygens (including phenoxy) is 1. The van der Waals surface area contributed by atoms with Crippen molar-refractivity contribution in [2.45, 2.75) is 0 Å². The first-order valence-electron chi connectivity index (χ1n) is 5.71. The Morgan fingerprint density at radius 2 is 1.95 bits per heavy atom.